The van der Waals surface area contributed by atoms with Crippen LogP contribution in [0.5, 0.6) is 0 Å². The number of hydrogen-bond donors (Lipinski definition) is 0. The molecule has 94 valence electrons. The predicted molar refractivity (Wildman–Crippen MR) is 76.6 cm³/mol. The van der Waals surface area contributed by atoms with E-state index < -0.39 is 0 Å². The van der Waals surface area contributed by atoms with E-state index in [0.717, 1.165) is 0 Å². The number of nitrogens with zero attached hydrogens (tertiary/aromatic N) is 2. The third kappa shape index (κ3) is 3.01. The molecule has 5 heteroatoms. The maximum absolute atomic E-state index is 13.1. The van der Waals surface area contributed by atoms with Crippen molar-refractivity contribution in [3.05, 3.63) is 64.1 Å². The molecule has 0 radical (unpaired) electrons. The van der Waals surface area contributed by atoms with Crippen LogP contribution in [0.25, 0.3) is 10.6 Å². The number of benzene rings is 1. The molecule has 0 amide bonds. The maximum atomic E-state index is 13.1. The third-order valence-corrected chi connectivity index (χ3v) is 3.52. The van der Waals surface area contributed by atoms with E-state index in [0.29, 0.717) is 21.2 Å². The Morgan fingerprint density at radius 3 is 2.53 bits per heavy atom. The fourth-order valence-corrected chi connectivity index (χ4v) is 2.54. The fraction of sp³-hybridized carbons (Fsp3) is 0. The van der Waals surface area contributed by atoms with Crippen LogP contribution in [0.1, 0.15) is 11.1 Å². The van der Waals surface area contributed by atoms with Gasteiger partial charge < -0.3 is 0 Å². The molecule has 2 rings (SSSR count). The molecule has 0 N–H and O–H groups in total. The molecule has 0 spiro atoms. The molecule has 0 aliphatic rings. The van der Waals surface area contributed by atoms with Crippen LogP contribution in [0, 0.1) is 17.1 Å². The summed E-state index contributed by atoms with van der Waals surface area (Å²) >= 11 is 9.49. The Bertz CT molecular complexity index is 678. The number of aromatic nitrogens is 1. The zero-order valence-electron chi connectivity index (χ0n) is 9.57. The lowest BCUT2D eigenvalue weighted by Crippen LogP contribution is -1.89. The van der Waals surface area contributed by atoms with Gasteiger partial charge in [0.1, 0.15) is 11.9 Å². The van der Waals surface area contributed by atoms with Gasteiger partial charge in [-0.1, -0.05) is 27.5 Å². The average molecular weight is 338 g/mol. The van der Waals surface area contributed by atoms with Crippen LogP contribution in [-0.4, -0.2) is 4.98 Å². The van der Waals surface area contributed by atoms with Gasteiger partial charge in [0.25, 0.3) is 0 Å². The summed E-state index contributed by atoms with van der Waals surface area (Å²) in [6.07, 6.45) is 3.16. The van der Waals surface area contributed by atoms with Gasteiger partial charge in [0.2, 0.25) is 0 Å². The summed E-state index contributed by atoms with van der Waals surface area (Å²) in [5.41, 5.74) is 1.55. The first-order chi connectivity index (χ1) is 9.13. The van der Waals surface area contributed by atoms with Crippen LogP contribution in [0.3, 0.4) is 0 Å². The summed E-state index contributed by atoms with van der Waals surface area (Å²) < 4.78 is 13.6. The lowest BCUT2D eigenvalue weighted by atomic mass is 10.0. The SMILES string of the molecule is N#C/C(=C(\Cl)c1ccc(F)cc1Br)c1ccncc1. The summed E-state index contributed by atoms with van der Waals surface area (Å²) in [4.78, 5) is 3.89. The molecule has 0 fully saturated rings. The van der Waals surface area contributed by atoms with Crippen LogP contribution in [0.4, 0.5) is 4.39 Å². The first kappa shape index (κ1) is 13.7. The highest BCUT2D eigenvalue weighted by Gasteiger charge is 2.12. The maximum Gasteiger partial charge on any atom is 0.124 e. The zero-order valence-corrected chi connectivity index (χ0v) is 11.9. The number of allylic oxidation sites excluding steroid dienone is 1. The molecule has 0 atom stereocenters. The van der Waals surface area contributed by atoms with Crippen LogP contribution in [0.2, 0.25) is 0 Å². The van der Waals surface area contributed by atoms with Gasteiger partial charge in [0.15, 0.2) is 0 Å². The van der Waals surface area contributed by atoms with Crippen LogP contribution in [0.15, 0.2) is 47.2 Å². The smallest absolute Gasteiger partial charge is 0.124 e. The molecular weight excluding hydrogens is 331 g/mol. The van der Waals surface area contributed by atoms with E-state index in [-0.39, 0.29) is 10.8 Å². The van der Waals surface area contributed by atoms with E-state index in [9.17, 15) is 9.65 Å². The largest absolute Gasteiger partial charge is 0.265 e. The van der Waals surface area contributed by atoms with Crippen molar-refractivity contribution in [3.63, 3.8) is 0 Å². The highest BCUT2D eigenvalue weighted by Crippen LogP contribution is 2.33. The van der Waals surface area contributed by atoms with Crippen molar-refractivity contribution in [3.8, 4) is 6.07 Å². The monoisotopic (exact) mass is 336 g/mol. The van der Waals surface area contributed by atoms with E-state index in [1.54, 1.807) is 24.5 Å². The predicted octanol–water partition coefficient (Wildman–Crippen LogP) is 4.61. The molecule has 0 saturated heterocycles. The van der Waals surface area contributed by atoms with Crippen molar-refractivity contribution in [2.75, 3.05) is 0 Å². The van der Waals surface area contributed by atoms with E-state index in [1.807, 2.05) is 0 Å². The van der Waals surface area contributed by atoms with Crippen molar-refractivity contribution < 1.29 is 4.39 Å². The summed E-state index contributed by atoms with van der Waals surface area (Å²) in [5.74, 6) is -0.373. The number of rotatable bonds is 2. The molecule has 19 heavy (non-hydrogen) atoms. The molecule has 0 unspecified atom stereocenters. The first-order valence-electron chi connectivity index (χ1n) is 5.29. The summed E-state index contributed by atoms with van der Waals surface area (Å²) in [5, 5.41) is 9.52. The Labute approximate surface area is 123 Å². The average Bonchev–Trinajstić information content (AvgIpc) is 2.40. The van der Waals surface area contributed by atoms with Gasteiger partial charge in [-0.25, -0.2) is 4.39 Å². The highest BCUT2D eigenvalue weighted by molar-refractivity contribution is 9.10. The van der Waals surface area contributed by atoms with Gasteiger partial charge >= 0.3 is 0 Å². The van der Waals surface area contributed by atoms with Gasteiger partial charge in [-0.2, -0.15) is 5.26 Å². The first-order valence-corrected chi connectivity index (χ1v) is 6.46. The van der Waals surface area contributed by atoms with E-state index in [2.05, 4.69) is 27.0 Å². The molecule has 1 aromatic heterocycles. The van der Waals surface area contributed by atoms with Gasteiger partial charge in [-0.15, -0.1) is 0 Å². The van der Waals surface area contributed by atoms with Crippen LogP contribution < -0.4 is 0 Å². The second-order valence-corrected chi connectivity index (χ2v) is 4.89. The van der Waals surface area contributed by atoms with Gasteiger partial charge in [-0.05, 0) is 35.9 Å². The number of nitriles is 1. The fourth-order valence-electron chi connectivity index (χ4n) is 1.56. The molecule has 2 aromatic rings. The standard InChI is InChI=1S/C14H7BrClFN2/c15-13-7-10(17)1-2-11(13)14(16)12(8-18)9-3-5-19-6-4-9/h1-7H/b14-12+. The summed E-state index contributed by atoms with van der Waals surface area (Å²) in [6.45, 7) is 0. The molecule has 0 saturated carbocycles. The zero-order chi connectivity index (χ0) is 13.8. The van der Waals surface area contributed by atoms with Crippen molar-refractivity contribution in [1.82, 2.24) is 4.98 Å². The molecule has 0 aliphatic carbocycles. The molecule has 1 aromatic carbocycles. The number of hydrogen-bond acceptors (Lipinski definition) is 2. The molecule has 0 aliphatic heterocycles. The topological polar surface area (TPSA) is 36.7 Å². The van der Waals surface area contributed by atoms with Gasteiger partial charge in [0, 0.05) is 22.4 Å². The quantitative estimate of drug-likeness (QED) is 0.750. The normalized spacial score (nSPS) is 11.7. The van der Waals surface area contributed by atoms with Crippen molar-refractivity contribution >= 4 is 38.1 Å². The minimum atomic E-state index is -0.373. The second-order valence-electron chi connectivity index (χ2n) is 3.66. The van der Waals surface area contributed by atoms with E-state index in [1.165, 1.54) is 18.2 Å². The minimum absolute atomic E-state index is 0.264. The Morgan fingerprint density at radius 1 is 1.26 bits per heavy atom. The Kier molecular flexibility index (Phi) is 4.31. The second kappa shape index (κ2) is 5.96. The molecular formula is C14H7BrClFN2. The van der Waals surface area contributed by atoms with Crippen LogP contribution >= 0.6 is 27.5 Å². The lowest BCUT2D eigenvalue weighted by molar-refractivity contribution is 0.627. The summed E-state index contributed by atoms with van der Waals surface area (Å²) in [6, 6.07) is 9.58. The molecule has 0 bridgehead atoms. The Hall–Kier alpha value is -1.70. The van der Waals surface area contributed by atoms with E-state index in [4.69, 9.17) is 11.6 Å². The van der Waals surface area contributed by atoms with Crippen molar-refractivity contribution in [2.45, 2.75) is 0 Å². The van der Waals surface area contributed by atoms with E-state index >= 15 is 0 Å². The third-order valence-electron chi connectivity index (χ3n) is 2.47. The lowest BCUT2D eigenvalue weighted by Gasteiger charge is -2.06. The number of pyridine rings is 1. The Morgan fingerprint density at radius 2 is 1.95 bits per heavy atom. The van der Waals surface area contributed by atoms with Crippen molar-refractivity contribution in [1.29, 1.82) is 5.26 Å². The highest BCUT2D eigenvalue weighted by atomic mass is 79.9. The van der Waals surface area contributed by atoms with Crippen LogP contribution in [-0.2, 0) is 0 Å². The van der Waals surface area contributed by atoms with Gasteiger partial charge in [0.05, 0.1) is 10.6 Å². The molecule has 2 nitrogen and oxygen atoms in total. The summed E-state index contributed by atoms with van der Waals surface area (Å²) in [7, 11) is 0. The molecule has 1 heterocycles. The Balaban J connectivity index is 2.59. The van der Waals surface area contributed by atoms with Gasteiger partial charge in [-0.3, -0.25) is 4.98 Å². The van der Waals surface area contributed by atoms with Crippen molar-refractivity contribution in [2.24, 2.45) is 0 Å². The number of halogens is 3. The minimum Gasteiger partial charge on any atom is -0.265 e.